The highest BCUT2D eigenvalue weighted by atomic mass is 35.5. The first-order valence-electron chi connectivity index (χ1n) is 7.88. The second kappa shape index (κ2) is 6.97. The van der Waals surface area contributed by atoms with Crippen LogP contribution in [0.2, 0.25) is 5.02 Å². The lowest BCUT2D eigenvalue weighted by Gasteiger charge is -2.30. The van der Waals surface area contributed by atoms with Gasteiger partial charge in [-0.25, -0.2) is 0 Å². The quantitative estimate of drug-likeness (QED) is 0.774. The number of anilines is 1. The SMILES string of the molecule is Cc1cnc(/C=C\c2ccccc2Cl)cc1N1CCCCC1. The van der Waals surface area contributed by atoms with Crippen molar-refractivity contribution in [1.29, 1.82) is 0 Å². The van der Waals surface area contributed by atoms with Crippen LogP contribution in [0.5, 0.6) is 0 Å². The molecule has 1 aliphatic heterocycles. The van der Waals surface area contributed by atoms with E-state index in [0.29, 0.717) is 0 Å². The maximum absolute atomic E-state index is 6.19. The fraction of sp³-hybridized carbons (Fsp3) is 0.316. The van der Waals surface area contributed by atoms with Crippen LogP contribution >= 0.6 is 11.6 Å². The zero-order valence-electron chi connectivity index (χ0n) is 12.9. The van der Waals surface area contributed by atoms with Crippen molar-refractivity contribution < 1.29 is 0 Å². The first-order valence-corrected chi connectivity index (χ1v) is 8.26. The first-order chi connectivity index (χ1) is 10.7. The third-order valence-electron chi connectivity index (χ3n) is 4.13. The average Bonchev–Trinajstić information content (AvgIpc) is 2.56. The number of hydrogen-bond donors (Lipinski definition) is 0. The number of rotatable bonds is 3. The minimum atomic E-state index is 0.766. The normalized spacial score (nSPS) is 15.5. The standard InChI is InChI=1S/C19H21ClN2/c1-15-14-21-17(10-9-16-7-3-4-8-18(16)20)13-19(15)22-11-5-2-6-12-22/h3-4,7-10,13-14H,2,5-6,11-12H2,1H3/b10-9-. The van der Waals surface area contributed by atoms with Gasteiger partial charge in [0.25, 0.3) is 0 Å². The van der Waals surface area contributed by atoms with E-state index in [0.717, 1.165) is 29.4 Å². The smallest absolute Gasteiger partial charge is 0.0650 e. The van der Waals surface area contributed by atoms with Gasteiger partial charge in [-0.15, -0.1) is 0 Å². The van der Waals surface area contributed by atoms with E-state index in [2.05, 4.69) is 22.9 Å². The van der Waals surface area contributed by atoms with E-state index in [1.807, 2.05) is 42.6 Å². The highest BCUT2D eigenvalue weighted by Crippen LogP contribution is 2.25. The number of halogens is 1. The molecule has 2 nitrogen and oxygen atoms in total. The van der Waals surface area contributed by atoms with Crippen molar-refractivity contribution in [2.45, 2.75) is 26.2 Å². The second-order valence-corrected chi connectivity index (χ2v) is 6.21. The molecule has 22 heavy (non-hydrogen) atoms. The molecule has 1 saturated heterocycles. The average molecular weight is 313 g/mol. The van der Waals surface area contributed by atoms with Crippen molar-refractivity contribution in [2.24, 2.45) is 0 Å². The molecular formula is C19H21ClN2. The number of nitrogens with zero attached hydrogens (tertiary/aromatic N) is 2. The molecule has 0 amide bonds. The summed E-state index contributed by atoms with van der Waals surface area (Å²) >= 11 is 6.19. The Morgan fingerprint density at radius 1 is 1.09 bits per heavy atom. The Balaban J connectivity index is 1.84. The molecule has 3 rings (SSSR count). The largest absolute Gasteiger partial charge is 0.371 e. The second-order valence-electron chi connectivity index (χ2n) is 5.80. The highest BCUT2D eigenvalue weighted by Gasteiger charge is 2.13. The number of aromatic nitrogens is 1. The molecule has 0 atom stereocenters. The molecule has 0 radical (unpaired) electrons. The molecule has 2 aromatic rings. The van der Waals surface area contributed by atoms with Crippen LogP contribution in [0.25, 0.3) is 12.2 Å². The highest BCUT2D eigenvalue weighted by molar-refractivity contribution is 6.32. The van der Waals surface area contributed by atoms with Gasteiger partial charge in [0.05, 0.1) is 5.69 Å². The van der Waals surface area contributed by atoms with Crippen molar-refractivity contribution in [1.82, 2.24) is 4.98 Å². The summed E-state index contributed by atoms with van der Waals surface area (Å²) < 4.78 is 0. The molecule has 0 aliphatic carbocycles. The molecule has 0 saturated carbocycles. The Hall–Kier alpha value is -1.80. The monoisotopic (exact) mass is 312 g/mol. The topological polar surface area (TPSA) is 16.1 Å². The molecule has 0 unspecified atom stereocenters. The maximum atomic E-state index is 6.19. The van der Waals surface area contributed by atoms with E-state index in [1.165, 1.54) is 30.5 Å². The summed E-state index contributed by atoms with van der Waals surface area (Å²) in [5.41, 5.74) is 4.56. The molecule has 0 bridgehead atoms. The molecule has 3 heteroatoms. The van der Waals surface area contributed by atoms with Crippen LogP contribution in [-0.2, 0) is 0 Å². The fourth-order valence-corrected chi connectivity index (χ4v) is 3.08. The lowest BCUT2D eigenvalue weighted by atomic mass is 10.1. The summed E-state index contributed by atoms with van der Waals surface area (Å²) in [4.78, 5) is 7.00. The lowest BCUT2D eigenvalue weighted by Crippen LogP contribution is -2.30. The zero-order chi connectivity index (χ0) is 15.4. The van der Waals surface area contributed by atoms with E-state index in [-0.39, 0.29) is 0 Å². The van der Waals surface area contributed by atoms with Crippen molar-refractivity contribution >= 4 is 29.4 Å². The minimum absolute atomic E-state index is 0.766. The molecule has 1 aromatic heterocycles. The van der Waals surface area contributed by atoms with E-state index in [9.17, 15) is 0 Å². The van der Waals surface area contributed by atoms with Crippen molar-refractivity contribution in [3.05, 3.63) is 58.4 Å². The summed E-state index contributed by atoms with van der Waals surface area (Å²) in [6.07, 6.45) is 9.95. The molecule has 1 fully saturated rings. The number of piperidine rings is 1. The van der Waals surface area contributed by atoms with E-state index in [1.54, 1.807) is 0 Å². The lowest BCUT2D eigenvalue weighted by molar-refractivity contribution is 0.577. The fourth-order valence-electron chi connectivity index (χ4n) is 2.88. The van der Waals surface area contributed by atoms with E-state index < -0.39 is 0 Å². The third-order valence-corrected chi connectivity index (χ3v) is 4.48. The van der Waals surface area contributed by atoms with Crippen molar-refractivity contribution in [2.75, 3.05) is 18.0 Å². The van der Waals surface area contributed by atoms with Gasteiger partial charge >= 0.3 is 0 Å². The van der Waals surface area contributed by atoms with Crippen LogP contribution in [0.1, 0.15) is 36.1 Å². The Morgan fingerprint density at radius 2 is 1.86 bits per heavy atom. The van der Waals surface area contributed by atoms with Crippen LogP contribution in [0.15, 0.2) is 36.5 Å². The van der Waals surface area contributed by atoms with E-state index >= 15 is 0 Å². The van der Waals surface area contributed by atoms with Gasteiger partial charge in [0, 0.05) is 30.0 Å². The molecule has 2 heterocycles. The van der Waals surface area contributed by atoms with Crippen molar-refractivity contribution in [3.63, 3.8) is 0 Å². The van der Waals surface area contributed by atoms with Crippen molar-refractivity contribution in [3.8, 4) is 0 Å². The van der Waals surface area contributed by atoms with Gasteiger partial charge in [-0.2, -0.15) is 0 Å². The number of aryl methyl sites for hydroxylation is 1. The number of benzene rings is 1. The van der Waals surface area contributed by atoms with Gasteiger partial charge in [-0.1, -0.05) is 35.9 Å². The first kappa shape index (κ1) is 15.1. The summed E-state index contributed by atoms with van der Waals surface area (Å²) in [6, 6.07) is 10.0. The molecule has 1 aromatic carbocycles. The van der Waals surface area contributed by atoms with Gasteiger partial charge in [-0.3, -0.25) is 4.98 Å². The van der Waals surface area contributed by atoms with Crippen LogP contribution in [0, 0.1) is 6.92 Å². The van der Waals surface area contributed by atoms with Crippen LogP contribution in [0.4, 0.5) is 5.69 Å². The van der Waals surface area contributed by atoms with Gasteiger partial charge in [-0.05, 0) is 55.5 Å². The Morgan fingerprint density at radius 3 is 2.64 bits per heavy atom. The number of pyridine rings is 1. The third kappa shape index (κ3) is 3.50. The van der Waals surface area contributed by atoms with E-state index in [4.69, 9.17) is 11.6 Å². The summed E-state index contributed by atoms with van der Waals surface area (Å²) in [6.45, 7) is 4.44. The molecule has 114 valence electrons. The zero-order valence-corrected chi connectivity index (χ0v) is 13.7. The van der Waals surface area contributed by atoms with Gasteiger partial charge in [0.15, 0.2) is 0 Å². The molecule has 0 spiro atoms. The molecular weight excluding hydrogens is 292 g/mol. The van der Waals surface area contributed by atoms with Gasteiger partial charge in [0.2, 0.25) is 0 Å². The summed E-state index contributed by atoms with van der Waals surface area (Å²) in [5, 5.41) is 0.766. The molecule has 1 aliphatic rings. The Bertz CT molecular complexity index is 673. The summed E-state index contributed by atoms with van der Waals surface area (Å²) in [7, 11) is 0. The minimum Gasteiger partial charge on any atom is -0.371 e. The maximum Gasteiger partial charge on any atom is 0.0650 e. The number of hydrogen-bond acceptors (Lipinski definition) is 2. The van der Waals surface area contributed by atoms with Crippen LogP contribution in [-0.4, -0.2) is 18.1 Å². The predicted molar refractivity (Wildman–Crippen MR) is 95.4 cm³/mol. The predicted octanol–water partition coefficient (Wildman–Crippen LogP) is 5.20. The summed E-state index contributed by atoms with van der Waals surface area (Å²) in [5.74, 6) is 0. The molecule has 0 N–H and O–H groups in total. The van der Waals surface area contributed by atoms with Crippen LogP contribution < -0.4 is 4.90 Å². The Labute approximate surface area is 137 Å². The van der Waals surface area contributed by atoms with Gasteiger partial charge < -0.3 is 4.90 Å². The van der Waals surface area contributed by atoms with Crippen LogP contribution in [0.3, 0.4) is 0 Å². The van der Waals surface area contributed by atoms with Gasteiger partial charge in [0.1, 0.15) is 0 Å². The Kier molecular flexibility index (Phi) is 4.79.